The van der Waals surface area contributed by atoms with E-state index in [0.29, 0.717) is 23.7 Å². The second-order valence-corrected chi connectivity index (χ2v) is 5.96. The molecule has 27 heavy (non-hydrogen) atoms. The maximum absolute atomic E-state index is 12.5. The lowest BCUT2D eigenvalue weighted by atomic mass is 9.95. The van der Waals surface area contributed by atoms with Crippen LogP contribution in [0.3, 0.4) is 0 Å². The number of amides is 1. The summed E-state index contributed by atoms with van der Waals surface area (Å²) < 4.78 is 16.2. The van der Waals surface area contributed by atoms with E-state index in [-0.39, 0.29) is 36.7 Å². The molecule has 1 unspecified atom stereocenters. The van der Waals surface area contributed by atoms with E-state index in [2.05, 4.69) is 25.4 Å². The van der Waals surface area contributed by atoms with Gasteiger partial charge in [-0.3, -0.25) is 4.79 Å². The summed E-state index contributed by atoms with van der Waals surface area (Å²) in [5, 5.41) is 6.63. The molecule has 9 nitrogen and oxygen atoms in total. The lowest BCUT2D eigenvalue weighted by Crippen LogP contribution is -2.37. The summed E-state index contributed by atoms with van der Waals surface area (Å²) in [7, 11) is 1.59. The molecule has 1 N–H and O–H groups in total. The van der Waals surface area contributed by atoms with Crippen molar-refractivity contribution >= 4 is 5.91 Å². The highest BCUT2D eigenvalue weighted by atomic mass is 16.5. The predicted molar refractivity (Wildman–Crippen MR) is 92.9 cm³/mol. The second-order valence-electron chi connectivity index (χ2n) is 5.96. The van der Waals surface area contributed by atoms with Gasteiger partial charge in [-0.15, -0.1) is 0 Å². The van der Waals surface area contributed by atoms with Gasteiger partial charge in [-0.25, -0.2) is 9.97 Å². The van der Waals surface area contributed by atoms with Crippen molar-refractivity contribution < 1.29 is 18.8 Å². The second kappa shape index (κ2) is 7.40. The van der Waals surface area contributed by atoms with Crippen LogP contribution in [0.4, 0.5) is 0 Å². The molecule has 3 aromatic rings. The number of carbonyl (C=O) groups is 1. The van der Waals surface area contributed by atoms with E-state index in [1.807, 2.05) is 18.2 Å². The molecule has 1 aromatic carbocycles. The van der Waals surface area contributed by atoms with Gasteiger partial charge in [-0.2, -0.15) is 4.98 Å². The predicted octanol–water partition coefficient (Wildman–Crippen LogP) is 1.40. The van der Waals surface area contributed by atoms with E-state index >= 15 is 0 Å². The van der Waals surface area contributed by atoms with Gasteiger partial charge in [0.1, 0.15) is 6.61 Å². The number of benzene rings is 1. The molecule has 0 saturated carbocycles. The zero-order chi connectivity index (χ0) is 18.6. The Hall–Kier alpha value is -3.49. The average molecular weight is 367 g/mol. The third-order valence-corrected chi connectivity index (χ3v) is 4.19. The highest BCUT2D eigenvalue weighted by molar-refractivity contribution is 5.79. The number of carbonyl (C=O) groups excluding carboxylic acids is 1. The van der Waals surface area contributed by atoms with E-state index in [4.69, 9.17) is 14.0 Å². The SMILES string of the molecule is COc1cccc2c1OCC(C(=O)NCc1nc(-c3ncccn3)no1)C2. The molecule has 4 rings (SSSR count). The number of nitrogens with zero attached hydrogens (tertiary/aromatic N) is 4. The van der Waals surface area contributed by atoms with Crippen LogP contribution < -0.4 is 14.8 Å². The van der Waals surface area contributed by atoms with Gasteiger partial charge < -0.3 is 19.3 Å². The molecule has 1 aliphatic rings. The quantitative estimate of drug-likeness (QED) is 0.720. The monoisotopic (exact) mass is 367 g/mol. The Bertz CT molecular complexity index is 944. The molecule has 138 valence electrons. The maximum atomic E-state index is 12.5. The summed E-state index contributed by atoms with van der Waals surface area (Å²) in [6.07, 6.45) is 3.76. The first kappa shape index (κ1) is 17.0. The minimum atomic E-state index is -0.301. The first-order chi connectivity index (χ1) is 13.2. The number of ether oxygens (including phenoxy) is 2. The van der Waals surface area contributed by atoms with Gasteiger partial charge in [0.15, 0.2) is 11.5 Å². The van der Waals surface area contributed by atoms with Crippen molar-refractivity contribution in [1.82, 2.24) is 25.4 Å². The van der Waals surface area contributed by atoms with Crippen LogP contribution in [-0.2, 0) is 17.8 Å². The van der Waals surface area contributed by atoms with Crippen molar-refractivity contribution in [3.05, 3.63) is 48.1 Å². The molecule has 0 saturated heterocycles. The van der Waals surface area contributed by atoms with Crippen molar-refractivity contribution in [1.29, 1.82) is 0 Å². The minimum absolute atomic E-state index is 0.125. The summed E-state index contributed by atoms with van der Waals surface area (Å²) in [6, 6.07) is 7.35. The molecule has 1 amide bonds. The summed E-state index contributed by atoms with van der Waals surface area (Å²) in [4.78, 5) is 24.8. The third-order valence-electron chi connectivity index (χ3n) is 4.19. The normalized spacial score (nSPS) is 15.5. The van der Waals surface area contributed by atoms with E-state index in [9.17, 15) is 4.79 Å². The Morgan fingerprint density at radius 2 is 2.11 bits per heavy atom. The first-order valence-corrected chi connectivity index (χ1v) is 8.41. The highest BCUT2D eigenvalue weighted by Gasteiger charge is 2.28. The highest BCUT2D eigenvalue weighted by Crippen LogP contribution is 2.36. The Kier molecular flexibility index (Phi) is 4.65. The zero-order valence-electron chi connectivity index (χ0n) is 14.6. The van der Waals surface area contributed by atoms with Gasteiger partial charge in [0.25, 0.3) is 0 Å². The molecule has 1 atom stereocenters. The number of hydrogen-bond donors (Lipinski definition) is 1. The van der Waals surface area contributed by atoms with Crippen LogP contribution in [0.5, 0.6) is 11.5 Å². The van der Waals surface area contributed by atoms with Gasteiger partial charge in [0.05, 0.1) is 19.6 Å². The van der Waals surface area contributed by atoms with Gasteiger partial charge >= 0.3 is 0 Å². The van der Waals surface area contributed by atoms with Crippen LogP contribution in [0.2, 0.25) is 0 Å². The van der Waals surface area contributed by atoms with Crippen molar-refractivity contribution in [3.8, 4) is 23.1 Å². The van der Waals surface area contributed by atoms with E-state index < -0.39 is 0 Å². The number of aromatic nitrogens is 4. The van der Waals surface area contributed by atoms with E-state index in [1.165, 1.54) is 0 Å². The fraction of sp³-hybridized carbons (Fsp3) is 0.278. The Morgan fingerprint density at radius 3 is 2.93 bits per heavy atom. The summed E-state index contributed by atoms with van der Waals surface area (Å²) in [6.45, 7) is 0.409. The Balaban J connectivity index is 1.37. The fourth-order valence-electron chi connectivity index (χ4n) is 2.86. The van der Waals surface area contributed by atoms with Crippen LogP contribution in [0, 0.1) is 5.92 Å². The molecule has 0 aliphatic carbocycles. The number of fused-ring (bicyclic) bond motifs is 1. The molecule has 3 heterocycles. The third kappa shape index (κ3) is 3.57. The summed E-state index contributed by atoms with van der Waals surface area (Å²) in [5.74, 6) is 1.86. The Labute approximate surface area is 154 Å². The molecule has 0 radical (unpaired) electrons. The largest absolute Gasteiger partial charge is 0.493 e. The fourth-order valence-corrected chi connectivity index (χ4v) is 2.86. The number of rotatable bonds is 5. The van der Waals surface area contributed by atoms with Crippen molar-refractivity contribution in [2.75, 3.05) is 13.7 Å². The maximum Gasteiger partial charge on any atom is 0.246 e. The molecule has 0 fully saturated rings. The van der Waals surface area contributed by atoms with Crippen molar-refractivity contribution in [2.24, 2.45) is 5.92 Å². The Morgan fingerprint density at radius 1 is 1.26 bits per heavy atom. The molecular formula is C18H17N5O4. The molecule has 0 bridgehead atoms. The molecule has 0 spiro atoms. The van der Waals surface area contributed by atoms with Gasteiger partial charge in [0.2, 0.25) is 23.4 Å². The van der Waals surface area contributed by atoms with Crippen LogP contribution in [0.25, 0.3) is 11.6 Å². The topological polar surface area (TPSA) is 112 Å². The number of methoxy groups -OCH3 is 1. The van der Waals surface area contributed by atoms with Crippen molar-refractivity contribution in [3.63, 3.8) is 0 Å². The van der Waals surface area contributed by atoms with Crippen LogP contribution >= 0.6 is 0 Å². The minimum Gasteiger partial charge on any atom is -0.493 e. The molecule has 9 heteroatoms. The van der Waals surface area contributed by atoms with E-state index in [0.717, 1.165) is 5.56 Å². The smallest absolute Gasteiger partial charge is 0.246 e. The first-order valence-electron chi connectivity index (χ1n) is 8.41. The molecule has 2 aromatic heterocycles. The number of hydrogen-bond acceptors (Lipinski definition) is 8. The van der Waals surface area contributed by atoms with Crippen LogP contribution in [0.15, 0.2) is 41.2 Å². The lowest BCUT2D eigenvalue weighted by Gasteiger charge is -2.25. The standard InChI is InChI=1S/C18H17N5O4/c1-25-13-5-2-4-11-8-12(10-26-15(11)13)18(24)21-9-14-22-17(23-27-14)16-19-6-3-7-20-16/h2-7,12H,8-10H2,1H3,(H,21,24). The molecular weight excluding hydrogens is 350 g/mol. The number of nitrogens with one attached hydrogen (secondary N) is 1. The summed E-state index contributed by atoms with van der Waals surface area (Å²) >= 11 is 0. The lowest BCUT2D eigenvalue weighted by molar-refractivity contribution is -0.126. The van der Waals surface area contributed by atoms with Crippen LogP contribution in [-0.4, -0.2) is 39.7 Å². The van der Waals surface area contributed by atoms with Crippen LogP contribution in [0.1, 0.15) is 11.5 Å². The van der Waals surface area contributed by atoms with Crippen molar-refractivity contribution in [2.45, 2.75) is 13.0 Å². The zero-order valence-corrected chi connectivity index (χ0v) is 14.6. The number of para-hydroxylation sites is 1. The summed E-state index contributed by atoms with van der Waals surface area (Å²) in [5.41, 5.74) is 0.946. The van der Waals surface area contributed by atoms with Gasteiger partial charge in [0, 0.05) is 12.4 Å². The van der Waals surface area contributed by atoms with Gasteiger partial charge in [-0.1, -0.05) is 17.3 Å². The average Bonchev–Trinajstić information content (AvgIpc) is 3.21. The molecule has 1 aliphatic heterocycles. The van der Waals surface area contributed by atoms with E-state index in [1.54, 1.807) is 25.6 Å². The van der Waals surface area contributed by atoms with Gasteiger partial charge in [-0.05, 0) is 24.1 Å².